The summed E-state index contributed by atoms with van der Waals surface area (Å²) in [6, 6.07) is 5.08. The molecular weight excluding hydrogens is 275 g/mol. The summed E-state index contributed by atoms with van der Waals surface area (Å²) in [6.07, 6.45) is 0. The molecule has 1 aromatic rings. The lowest BCUT2D eigenvalue weighted by Gasteiger charge is -2.06. The Labute approximate surface area is 95.4 Å². The first-order valence-electron chi connectivity index (χ1n) is 3.50. The van der Waals surface area contributed by atoms with Crippen molar-refractivity contribution in [2.24, 2.45) is 0 Å². The highest BCUT2D eigenvalue weighted by molar-refractivity contribution is 9.11. The van der Waals surface area contributed by atoms with Gasteiger partial charge in [0.05, 0.1) is 5.02 Å². The molecule has 0 fully saturated rings. The van der Waals surface area contributed by atoms with Crippen molar-refractivity contribution >= 4 is 39.1 Å². The van der Waals surface area contributed by atoms with Crippen molar-refractivity contribution in [2.45, 2.75) is 0 Å². The number of benzene rings is 1. The monoisotopic (exact) mass is 280 g/mol. The summed E-state index contributed by atoms with van der Waals surface area (Å²) in [6.45, 7) is 4.03. The molecule has 0 atom stereocenters. The lowest BCUT2D eigenvalue weighted by molar-refractivity contribution is 0.361. The van der Waals surface area contributed by atoms with Gasteiger partial charge in [-0.3, -0.25) is 0 Å². The minimum absolute atomic E-state index is 0.390. The van der Waals surface area contributed by atoms with Crippen LogP contribution in [0.5, 0.6) is 5.75 Å². The largest absolute Gasteiger partial charge is 0.487 e. The Kier molecular flexibility index (Phi) is 4.10. The van der Waals surface area contributed by atoms with Crippen LogP contribution in [0.1, 0.15) is 0 Å². The van der Waals surface area contributed by atoms with Crippen LogP contribution in [0, 0.1) is 0 Å². The molecule has 1 aromatic carbocycles. The Hall–Kier alpha value is -0.180. The fourth-order valence-corrected chi connectivity index (χ4v) is 1.33. The molecule has 1 rings (SSSR count). The maximum Gasteiger partial charge on any atom is 0.138 e. The average molecular weight is 282 g/mol. The van der Waals surface area contributed by atoms with E-state index in [2.05, 4.69) is 22.5 Å². The minimum Gasteiger partial charge on any atom is -0.487 e. The molecule has 0 amide bonds. The van der Waals surface area contributed by atoms with Gasteiger partial charge >= 0.3 is 0 Å². The van der Waals surface area contributed by atoms with Gasteiger partial charge in [0, 0.05) is 9.51 Å². The van der Waals surface area contributed by atoms with Crippen LogP contribution in [0.3, 0.4) is 0 Å². The second-order valence-electron chi connectivity index (χ2n) is 2.38. The highest BCUT2D eigenvalue weighted by Gasteiger charge is 2.01. The van der Waals surface area contributed by atoms with Crippen molar-refractivity contribution in [1.29, 1.82) is 0 Å². The van der Waals surface area contributed by atoms with Gasteiger partial charge in [-0.1, -0.05) is 45.7 Å². The zero-order chi connectivity index (χ0) is 9.84. The van der Waals surface area contributed by atoms with Crippen LogP contribution >= 0.6 is 39.1 Å². The van der Waals surface area contributed by atoms with E-state index >= 15 is 0 Å². The van der Waals surface area contributed by atoms with Gasteiger partial charge in [0.1, 0.15) is 12.4 Å². The molecule has 70 valence electrons. The van der Waals surface area contributed by atoms with Gasteiger partial charge in [0.2, 0.25) is 0 Å². The van der Waals surface area contributed by atoms with Gasteiger partial charge in [0.15, 0.2) is 0 Å². The quantitative estimate of drug-likeness (QED) is 0.804. The predicted octanol–water partition coefficient (Wildman–Crippen LogP) is 4.28. The summed E-state index contributed by atoms with van der Waals surface area (Å²) in [5.41, 5.74) is 0. The summed E-state index contributed by atoms with van der Waals surface area (Å²) >= 11 is 14.8. The standard InChI is InChI=1S/C9H7BrCl2O/c1-6(10)5-13-9-3-2-7(11)4-8(9)12/h2-4H,1,5H2. The maximum absolute atomic E-state index is 5.86. The molecule has 0 spiro atoms. The van der Waals surface area contributed by atoms with Crippen molar-refractivity contribution in [3.05, 3.63) is 39.3 Å². The van der Waals surface area contributed by atoms with Gasteiger partial charge in [0.25, 0.3) is 0 Å². The molecule has 13 heavy (non-hydrogen) atoms. The molecule has 0 aromatic heterocycles. The Morgan fingerprint density at radius 2 is 2.15 bits per heavy atom. The third-order valence-corrected chi connectivity index (χ3v) is 2.04. The molecular formula is C9H7BrCl2O. The molecule has 0 aliphatic rings. The fraction of sp³-hybridized carbons (Fsp3) is 0.111. The number of ether oxygens (including phenoxy) is 1. The lowest BCUT2D eigenvalue weighted by Crippen LogP contribution is -1.96. The van der Waals surface area contributed by atoms with Gasteiger partial charge < -0.3 is 4.74 Å². The fourth-order valence-electron chi connectivity index (χ4n) is 0.748. The third kappa shape index (κ3) is 3.59. The van der Waals surface area contributed by atoms with E-state index < -0.39 is 0 Å². The second-order valence-corrected chi connectivity index (χ2v) is 4.35. The van der Waals surface area contributed by atoms with E-state index in [0.29, 0.717) is 22.4 Å². The molecule has 1 nitrogen and oxygen atoms in total. The molecule has 0 saturated heterocycles. The first-order chi connectivity index (χ1) is 6.09. The van der Waals surface area contributed by atoms with Gasteiger partial charge in [-0.15, -0.1) is 0 Å². The number of hydrogen-bond acceptors (Lipinski definition) is 1. The third-order valence-electron chi connectivity index (χ3n) is 1.28. The van der Waals surface area contributed by atoms with Gasteiger partial charge in [-0.25, -0.2) is 0 Å². The second kappa shape index (κ2) is 4.89. The van der Waals surface area contributed by atoms with Crippen molar-refractivity contribution in [1.82, 2.24) is 0 Å². The summed E-state index contributed by atoms with van der Waals surface area (Å²) in [5.74, 6) is 0.603. The van der Waals surface area contributed by atoms with E-state index in [1.54, 1.807) is 18.2 Å². The van der Waals surface area contributed by atoms with Crippen LogP contribution in [0.2, 0.25) is 10.0 Å². The van der Waals surface area contributed by atoms with E-state index in [0.717, 1.165) is 4.48 Å². The molecule has 0 radical (unpaired) electrons. The Balaban J connectivity index is 2.72. The van der Waals surface area contributed by atoms with Gasteiger partial charge in [-0.05, 0) is 18.2 Å². The van der Waals surface area contributed by atoms with E-state index in [4.69, 9.17) is 27.9 Å². The van der Waals surface area contributed by atoms with Crippen molar-refractivity contribution in [2.75, 3.05) is 6.61 Å². The van der Waals surface area contributed by atoms with E-state index in [1.807, 2.05) is 0 Å². The molecule has 0 heterocycles. The smallest absolute Gasteiger partial charge is 0.138 e. The van der Waals surface area contributed by atoms with E-state index in [9.17, 15) is 0 Å². The summed E-state index contributed by atoms with van der Waals surface area (Å²) < 4.78 is 6.08. The number of rotatable bonds is 3. The van der Waals surface area contributed by atoms with Crippen LogP contribution in [-0.4, -0.2) is 6.61 Å². The number of hydrogen-bond donors (Lipinski definition) is 0. The van der Waals surface area contributed by atoms with Crippen LogP contribution in [0.25, 0.3) is 0 Å². The summed E-state index contributed by atoms with van der Waals surface area (Å²) in [7, 11) is 0. The first-order valence-corrected chi connectivity index (χ1v) is 5.05. The molecule has 0 aliphatic heterocycles. The number of halogens is 3. The van der Waals surface area contributed by atoms with Crippen LogP contribution in [0.4, 0.5) is 0 Å². The molecule has 0 bridgehead atoms. The first kappa shape index (κ1) is 10.9. The Morgan fingerprint density at radius 1 is 1.46 bits per heavy atom. The molecule has 4 heteroatoms. The predicted molar refractivity (Wildman–Crippen MR) is 60.0 cm³/mol. The zero-order valence-electron chi connectivity index (χ0n) is 6.69. The highest BCUT2D eigenvalue weighted by atomic mass is 79.9. The maximum atomic E-state index is 5.86. The molecule has 0 saturated carbocycles. The van der Waals surface area contributed by atoms with Crippen LogP contribution in [-0.2, 0) is 0 Å². The Morgan fingerprint density at radius 3 is 2.69 bits per heavy atom. The highest BCUT2D eigenvalue weighted by Crippen LogP contribution is 2.27. The summed E-state index contributed by atoms with van der Waals surface area (Å²) in [5, 5.41) is 1.09. The normalized spacial score (nSPS) is 9.77. The topological polar surface area (TPSA) is 9.23 Å². The van der Waals surface area contributed by atoms with Crippen molar-refractivity contribution in [3.63, 3.8) is 0 Å². The summed E-state index contributed by atoms with van der Waals surface area (Å²) in [4.78, 5) is 0. The lowest BCUT2D eigenvalue weighted by atomic mass is 10.3. The molecule has 0 unspecified atom stereocenters. The molecule has 0 N–H and O–H groups in total. The van der Waals surface area contributed by atoms with Crippen LogP contribution < -0.4 is 4.74 Å². The van der Waals surface area contributed by atoms with Crippen LogP contribution in [0.15, 0.2) is 29.3 Å². The van der Waals surface area contributed by atoms with Gasteiger partial charge in [-0.2, -0.15) is 0 Å². The minimum atomic E-state index is 0.390. The zero-order valence-corrected chi connectivity index (χ0v) is 9.79. The SMILES string of the molecule is C=C(Br)COc1ccc(Cl)cc1Cl. The Bertz CT molecular complexity index is 325. The van der Waals surface area contributed by atoms with Crippen molar-refractivity contribution in [3.8, 4) is 5.75 Å². The van der Waals surface area contributed by atoms with Crippen molar-refractivity contribution < 1.29 is 4.74 Å². The van der Waals surface area contributed by atoms with E-state index in [1.165, 1.54) is 0 Å². The average Bonchev–Trinajstić information content (AvgIpc) is 2.02. The van der Waals surface area contributed by atoms with E-state index in [-0.39, 0.29) is 0 Å². The molecule has 0 aliphatic carbocycles.